The van der Waals surface area contributed by atoms with Gasteiger partial charge in [0.1, 0.15) is 17.8 Å². The van der Waals surface area contributed by atoms with Crippen LogP contribution in [-0.2, 0) is 13.1 Å². The smallest absolute Gasteiger partial charge is 0.248 e. The Morgan fingerprint density at radius 1 is 0.844 bits per heavy atom. The average Bonchev–Trinajstić information content (AvgIpc) is 2.80. The Morgan fingerprint density at radius 2 is 1.38 bits per heavy atom. The minimum Gasteiger partial charge on any atom is -0.437 e. The summed E-state index contributed by atoms with van der Waals surface area (Å²) in [6.07, 6.45) is 1.49. The fraction of sp³-hybridized carbons (Fsp3) is 0.154. The SMILES string of the molecule is Cc1cc(Oc2ncnc(N(Cc3ccccc3)Cc3ccccc3)c2N)cc(C)c1Cl. The highest BCUT2D eigenvalue weighted by Gasteiger charge is 2.18. The summed E-state index contributed by atoms with van der Waals surface area (Å²) in [7, 11) is 0. The Bertz CT molecular complexity index is 1130. The summed E-state index contributed by atoms with van der Waals surface area (Å²) in [5.74, 6) is 1.59. The van der Waals surface area contributed by atoms with Gasteiger partial charge < -0.3 is 15.4 Å². The first-order chi connectivity index (χ1) is 15.5. The van der Waals surface area contributed by atoms with Gasteiger partial charge in [0.15, 0.2) is 5.82 Å². The molecular formula is C26H25ClN4O. The van der Waals surface area contributed by atoms with Crippen LogP contribution >= 0.6 is 11.6 Å². The zero-order chi connectivity index (χ0) is 22.5. The second kappa shape index (κ2) is 9.71. The molecule has 0 unspecified atom stereocenters. The molecule has 4 aromatic rings. The van der Waals surface area contributed by atoms with Crippen molar-refractivity contribution in [2.24, 2.45) is 0 Å². The molecule has 4 rings (SSSR count). The minimum atomic E-state index is 0.322. The topological polar surface area (TPSA) is 64.3 Å². The van der Waals surface area contributed by atoms with Gasteiger partial charge in [0.25, 0.3) is 0 Å². The number of rotatable bonds is 7. The molecule has 5 nitrogen and oxygen atoms in total. The summed E-state index contributed by atoms with van der Waals surface area (Å²) in [6.45, 7) is 5.18. The predicted octanol–water partition coefficient (Wildman–Crippen LogP) is 6.33. The van der Waals surface area contributed by atoms with E-state index in [0.29, 0.717) is 36.2 Å². The van der Waals surface area contributed by atoms with Gasteiger partial charge in [-0.2, -0.15) is 4.98 Å². The summed E-state index contributed by atoms with van der Waals surface area (Å²) < 4.78 is 6.06. The standard InChI is InChI=1S/C26H25ClN4O/c1-18-13-22(14-19(2)23(18)27)32-26-24(28)25(29-17-30-26)31(15-20-9-5-3-6-10-20)16-21-11-7-4-8-12-21/h3-14,17H,15-16,28H2,1-2H3. The maximum atomic E-state index is 6.53. The van der Waals surface area contributed by atoms with Gasteiger partial charge in [-0.15, -0.1) is 0 Å². The Hall–Kier alpha value is -3.57. The molecule has 0 saturated heterocycles. The van der Waals surface area contributed by atoms with E-state index in [0.717, 1.165) is 27.3 Å². The van der Waals surface area contributed by atoms with E-state index >= 15 is 0 Å². The van der Waals surface area contributed by atoms with Crippen LogP contribution in [0.15, 0.2) is 79.1 Å². The maximum absolute atomic E-state index is 6.53. The molecule has 162 valence electrons. The van der Waals surface area contributed by atoms with Gasteiger partial charge in [0.05, 0.1) is 0 Å². The van der Waals surface area contributed by atoms with E-state index in [1.54, 1.807) is 0 Å². The number of aryl methyl sites for hydroxylation is 2. The summed E-state index contributed by atoms with van der Waals surface area (Å²) in [6, 6.07) is 24.2. The second-order valence-electron chi connectivity index (χ2n) is 7.72. The lowest BCUT2D eigenvalue weighted by Crippen LogP contribution is -2.24. The van der Waals surface area contributed by atoms with Crippen LogP contribution in [0.3, 0.4) is 0 Å². The molecule has 0 aliphatic rings. The van der Waals surface area contributed by atoms with E-state index in [-0.39, 0.29) is 0 Å². The first kappa shape index (κ1) is 21.7. The van der Waals surface area contributed by atoms with Crippen LogP contribution in [0.1, 0.15) is 22.3 Å². The van der Waals surface area contributed by atoms with Crippen molar-refractivity contribution in [3.8, 4) is 11.6 Å². The number of aromatic nitrogens is 2. The molecule has 0 aliphatic heterocycles. The van der Waals surface area contributed by atoms with Crippen LogP contribution in [0.4, 0.5) is 11.5 Å². The quantitative estimate of drug-likeness (QED) is 0.361. The van der Waals surface area contributed by atoms with E-state index in [4.69, 9.17) is 22.1 Å². The van der Waals surface area contributed by atoms with E-state index in [1.807, 2.05) is 62.4 Å². The number of nitrogens with two attached hydrogens (primary N) is 1. The van der Waals surface area contributed by atoms with Crippen molar-refractivity contribution in [2.45, 2.75) is 26.9 Å². The summed E-state index contributed by atoms with van der Waals surface area (Å²) in [4.78, 5) is 10.9. The zero-order valence-electron chi connectivity index (χ0n) is 18.1. The zero-order valence-corrected chi connectivity index (χ0v) is 18.9. The van der Waals surface area contributed by atoms with Gasteiger partial charge in [-0.25, -0.2) is 4.98 Å². The molecule has 0 saturated carbocycles. The molecule has 0 spiro atoms. The van der Waals surface area contributed by atoms with Gasteiger partial charge in [0.2, 0.25) is 5.88 Å². The molecule has 0 atom stereocenters. The van der Waals surface area contributed by atoms with Crippen LogP contribution in [0.25, 0.3) is 0 Å². The molecule has 2 N–H and O–H groups in total. The summed E-state index contributed by atoms with van der Waals surface area (Å²) in [5.41, 5.74) is 11.1. The van der Waals surface area contributed by atoms with Crippen molar-refractivity contribution in [3.63, 3.8) is 0 Å². The number of nitrogens with zero attached hydrogens (tertiary/aromatic N) is 3. The van der Waals surface area contributed by atoms with Gasteiger partial charge in [-0.05, 0) is 48.2 Å². The van der Waals surface area contributed by atoms with Crippen molar-refractivity contribution < 1.29 is 4.74 Å². The molecule has 1 heterocycles. The van der Waals surface area contributed by atoms with Crippen molar-refractivity contribution in [1.82, 2.24) is 9.97 Å². The lowest BCUT2D eigenvalue weighted by atomic mass is 10.1. The van der Waals surface area contributed by atoms with Crippen molar-refractivity contribution in [3.05, 3.63) is 106 Å². The number of anilines is 2. The van der Waals surface area contributed by atoms with Crippen molar-refractivity contribution in [1.29, 1.82) is 0 Å². The van der Waals surface area contributed by atoms with Gasteiger partial charge >= 0.3 is 0 Å². The molecule has 0 aliphatic carbocycles. The van der Waals surface area contributed by atoms with Gasteiger partial charge in [-0.1, -0.05) is 72.3 Å². The molecule has 3 aromatic carbocycles. The fourth-order valence-corrected chi connectivity index (χ4v) is 3.70. The number of benzene rings is 3. The molecule has 0 radical (unpaired) electrons. The Balaban J connectivity index is 1.68. The molecule has 32 heavy (non-hydrogen) atoms. The minimum absolute atomic E-state index is 0.322. The Morgan fingerprint density at radius 3 is 1.91 bits per heavy atom. The van der Waals surface area contributed by atoms with Gasteiger partial charge in [-0.3, -0.25) is 0 Å². The predicted molar refractivity (Wildman–Crippen MR) is 130 cm³/mol. The van der Waals surface area contributed by atoms with E-state index in [2.05, 4.69) is 39.1 Å². The highest BCUT2D eigenvalue weighted by molar-refractivity contribution is 6.32. The van der Waals surface area contributed by atoms with E-state index < -0.39 is 0 Å². The van der Waals surface area contributed by atoms with Crippen LogP contribution in [0.2, 0.25) is 5.02 Å². The third-order valence-corrected chi connectivity index (χ3v) is 5.78. The Labute approximate surface area is 193 Å². The first-order valence-electron chi connectivity index (χ1n) is 10.4. The van der Waals surface area contributed by atoms with E-state index in [9.17, 15) is 0 Å². The van der Waals surface area contributed by atoms with Crippen LogP contribution in [0, 0.1) is 13.8 Å². The van der Waals surface area contributed by atoms with Crippen LogP contribution in [-0.4, -0.2) is 9.97 Å². The van der Waals surface area contributed by atoms with Crippen molar-refractivity contribution >= 4 is 23.1 Å². The summed E-state index contributed by atoms with van der Waals surface area (Å²) in [5, 5.41) is 0.727. The molecule has 6 heteroatoms. The normalized spacial score (nSPS) is 10.7. The molecular weight excluding hydrogens is 420 g/mol. The van der Waals surface area contributed by atoms with Crippen LogP contribution < -0.4 is 15.4 Å². The summed E-state index contributed by atoms with van der Waals surface area (Å²) >= 11 is 6.29. The number of hydrogen-bond donors (Lipinski definition) is 1. The highest BCUT2D eigenvalue weighted by Crippen LogP contribution is 2.35. The number of ether oxygens (including phenoxy) is 1. The molecule has 1 aromatic heterocycles. The molecule has 0 bridgehead atoms. The fourth-order valence-electron chi connectivity index (χ4n) is 3.59. The Kier molecular flexibility index (Phi) is 6.57. The number of nitrogen functional groups attached to an aromatic ring is 1. The molecule has 0 fully saturated rings. The van der Waals surface area contributed by atoms with Gasteiger partial charge in [0, 0.05) is 18.1 Å². The second-order valence-corrected chi connectivity index (χ2v) is 8.09. The largest absolute Gasteiger partial charge is 0.437 e. The first-order valence-corrected chi connectivity index (χ1v) is 10.8. The third-order valence-electron chi connectivity index (χ3n) is 5.18. The average molecular weight is 445 g/mol. The van der Waals surface area contributed by atoms with Crippen molar-refractivity contribution in [2.75, 3.05) is 10.6 Å². The van der Waals surface area contributed by atoms with Crippen LogP contribution in [0.5, 0.6) is 11.6 Å². The number of halogens is 1. The highest BCUT2D eigenvalue weighted by atomic mass is 35.5. The van der Waals surface area contributed by atoms with E-state index in [1.165, 1.54) is 6.33 Å². The third kappa shape index (κ3) is 5.01. The molecule has 0 amide bonds. The lowest BCUT2D eigenvalue weighted by Gasteiger charge is -2.25. The monoisotopic (exact) mass is 444 g/mol. The lowest BCUT2D eigenvalue weighted by molar-refractivity contribution is 0.463. The number of hydrogen-bond acceptors (Lipinski definition) is 5. The maximum Gasteiger partial charge on any atom is 0.248 e.